The molecule has 35 heavy (non-hydrogen) atoms. The van der Waals surface area contributed by atoms with E-state index in [-0.39, 0.29) is 10.8 Å². The Morgan fingerprint density at radius 3 is 2.54 bits per heavy atom. The molecule has 0 atom stereocenters. The molecule has 0 saturated carbocycles. The molecule has 10 heteroatoms. The minimum Gasteiger partial charge on any atom is -0.494 e. The van der Waals surface area contributed by atoms with Gasteiger partial charge in [-0.25, -0.2) is 9.37 Å². The Balaban J connectivity index is 1.63. The first kappa shape index (κ1) is 23.7. The molecule has 0 aliphatic carbocycles. The van der Waals surface area contributed by atoms with Gasteiger partial charge in [-0.1, -0.05) is 11.3 Å². The monoisotopic (exact) mass is 490 g/mol. The summed E-state index contributed by atoms with van der Waals surface area (Å²) in [6.45, 7) is 2.45. The number of ether oxygens (including phenoxy) is 1. The molecule has 0 fully saturated rings. The molecule has 1 amide bonds. The van der Waals surface area contributed by atoms with Crippen LogP contribution in [0.2, 0.25) is 0 Å². The van der Waals surface area contributed by atoms with E-state index < -0.39 is 16.6 Å². The van der Waals surface area contributed by atoms with Crippen molar-refractivity contribution in [1.82, 2.24) is 4.98 Å². The lowest BCUT2D eigenvalue weighted by Crippen LogP contribution is -2.23. The number of thiazole rings is 1. The van der Waals surface area contributed by atoms with E-state index in [1.165, 1.54) is 60.8 Å². The van der Waals surface area contributed by atoms with Crippen LogP contribution in [0.1, 0.15) is 18.1 Å². The predicted molar refractivity (Wildman–Crippen MR) is 134 cm³/mol. The number of nitro benzene ring substituents is 1. The number of rotatable bonds is 8. The summed E-state index contributed by atoms with van der Waals surface area (Å²) in [5.41, 5.74) is 1.83. The molecule has 0 bridgehead atoms. The largest absolute Gasteiger partial charge is 0.494 e. The number of nitrogens with zero attached hydrogens (tertiary/aromatic N) is 4. The molecule has 1 aromatic heterocycles. The molecule has 0 N–H and O–H groups in total. The number of fused-ring (bicyclic) bond motifs is 1. The highest BCUT2D eigenvalue weighted by Crippen LogP contribution is 2.30. The van der Waals surface area contributed by atoms with Crippen LogP contribution >= 0.6 is 11.3 Å². The Hall–Kier alpha value is -4.44. The molecule has 0 aliphatic rings. The number of carbonyl (C=O) groups excluding carboxylic acids is 1. The van der Waals surface area contributed by atoms with Crippen molar-refractivity contribution >= 4 is 50.6 Å². The van der Waals surface area contributed by atoms with Crippen molar-refractivity contribution in [3.63, 3.8) is 0 Å². The van der Waals surface area contributed by atoms with E-state index in [4.69, 9.17) is 4.74 Å². The van der Waals surface area contributed by atoms with Crippen molar-refractivity contribution < 1.29 is 18.8 Å². The van der Waals surface area contributed by atoms with E-state index in [1.807, 2.05) is 6.92 Å². The summed E-state index contributed by atoms with van der Waals surface area (Å²) in [5.74, 6) is -0.177. The zero-order valence-corrected chi connectivity index (χ0v) is 19.3. The molecule has 0 radical (unpaired) electrons. The summed E-state index contributed by atoms with van der Waals surface area (Å²) in [6.07, 6.45) is 4.34. The lowest BCUT2D eigenvalue weighted by Gasteiger charge is -2.11. The van der Waals surface area contributed by atoms with E-state index in [2.05, 4.69) is 10.1 Å². The summed E-state index contributed by atoms with van der Waals surface area (Å²) in [4.78, 5) is 27.9. The Bertz CT molecular complexity index is 1420. The number of hydrogen-bond acceptors (Lipinski definition) is 7. The standard InChI is InChI=1S/C25H19FN4O4S/c1-2-34-21-11-5-18(6-12-21)16-27-29(25-28-22-13-8-19(26)15-23(22)35-25)24(31)14-7-17-3-9-20(10-4-17)30(32)33/h3-16H,2H2,1H3/b14-7+,27-16+. The molecule has 4 rings (SSSR count). The normalized spacial score (nSPS) is 11.4. The highest BCUT2D eigenvalue weighted by molar-refractivity contribution is 7.22. The fourth-order valence-electron chi connectivity index (χ4n) is 3.06. The number of aromatic nitrogens is 1. The molecular weight excluding hydrogens is 471 g/mol. The van der Waals surface area contributed by atoms with Gasteiger partial charge in [0.2, 0.25) is 5.13 Å². The third kappa shape index (κ3) is 5.92. The molecule has 176 valence electrons. The Labute approximate surface area is 203 Å². The fraction of sp³-hybridized carbons (Fsp3) is 0.0800. The quantitative estimate of drug-likeness (QED) is 0.134. The van der Waals surface area contributed by atoms with E-state index in [9.17, 15) is 19.3 Å². The summed E-state index contributed by atoms with van der Waals surface area (Å²) in [7, 11) is 0. The number of amides is 1. The maximum atomic E-state index is 13.7. The van der Waals surface area contributed by atoms with Gasteiger partial charge in [-0.15, -0.1) is 0 Å². The second kappa shape index (κ2) is 10.7. The van der Waals surface area contributed by atoms with Crippen LogP contribution in [0, 0.1) is 15.9 Å². The van der Waals surface area contributed by atoms with Crippen LogP contribution in [0.15, 0.2) is 77.9 Å². The topological polar surface area (TPSA) is 97.9 Å². The van der Waals surface area contributed by atoms with Gasteiger partial charge in [0.1, 0.15) is 11.6 Å². The lowest BCUT2D eigenvalue weighted by molar-refractivity contribution is -0.384. The minimum atomic E-state index is -0.495. The Morgan fingerprint density at radius 2 is 1.86 bits per heavy atom. The van der Waals surface area contributed by atoms with Gasteiger partial charge in [0.15, 0.2) is 0 Å². The van der Waals surface area contributed by atoms with Gasteiger partial charge in [0.25, 0.3) is 11.6 Å². The van der Waals surface area contributed by atoms with Crippen LogP contribution in [0.25, 0.3) is 16.3 Å². The fourth-order valence-corrected chi connectivity index (χ4v) is 4.02. The van der Waals surface area contributed by atoms with E-state index in [1.54, 1.807) is 24.3 Å². The van der Waals surface area contributed by atoms with Gasteiger partial charge in [0.05, 0.1) is 28.0 Å². The summed E-state index contributed by atoms with van der Waals surface area (Å²) < 4.78 is 19.7. The van der Waals surface area contributed by atoms with E-state index in [0.717, 1.165) is 27.7 Å². The predicted octanol–water partition coefficient (Wildman–Crippen LogP) is 5.82. The van der Waals surface area contributed by atoms with Crippen LogP contribution in [0.4, 0.5) is 15.2 Å². The van der Waals surface area contributed by atoms with Crippen molar-refractivity contribution in [2.45, 2.75) is 6.92 Å². The number of benzene rings is 3. The van der Waals surface area contributed by atoms with Gasteiger partial charge in [-0.2, -0.15) is 10.1 Å². The zero-order chi connectivity index (χ0) is 24.8. The molecule has 0 unspecified atom stereocenters. The number of hydrogen-bond donors (Lipinski definition) is 0. The number of halogens is 1. The maximum absolute atomic E-state index is 13.7. The number of carbonyl (C=O) groups is 1. The molecule has 3 aromatic carbocycles. The molecule has 0 spiro atoms. The second-order valence-electron chi connectivity index (χ2n) is 7.19. The number of hydrazone groups is 1. The van der Waals surface area contributed by atoms with Gasteiger partial charge in [-0.3, -0.25) is 14.9 Å². The smallest absolute Gasteiger partial charge is 0.273 e. The highest BCUT2D eigenvalue weighted by atomic mass is 32.1. The van der Waals surface area contributed by atoms with Crippen molar-refractivity contribution in [2.24, 2.45) is 5.10 Å². The van der Waals surface area contributed by atoms with Crippen molar-refractivity contribution in [3.8, 4) is 5.75 Å². The first-order chi connectivity index (χ1) is 16.9. The highest BCUT2D eigenvalue weighted by Gasteiger charge is 2.17. The van der Waals surface area contributed by atoms with E-state index in [0.29, 0.717) is 22.4 Å². The summed E-state index contributed by atoms with van der Waals surface area (Å²) in [6, 6.07) is 17.2. The number of anilines is 1. The SMILES string of the molecule is CCOc1ccc(/C=N/N(C(=O)/C=C/c2ccc([N+](=O)[O-])cc2)c2nc3ccc(F)cc3s2)cc1. The van der Waals surface area contributed by atoms with Crippen molar-refractivity contribution in [3.05, 3.63) is 99.9 Å². The van der Waals surface area contributed by atoms with Crippen LogP contribution in [-0.2, 0) is 4.79 Å². The average molecular weight is 491 g/mol. The van der Waals surface area contributed by atoms with Crippen LogP contribution in [0.3, 0.4) is 0 Å². The Morgan fingerprint density at radius 1 is 1.14 bits per heavy atom. The molecule has 1 heterocycles. The van der Waals surface area contributed by atoms with Crippen LogP contribution in [0.5, 0.6) is 5.75 Å². The van der Waals surface area contributed by atoms with Crippen molar-refractivity contribution in [2.75, 3.05) is 11.6 Å². The average Bonchev–Trinajstić information content (AvgIpc) is 3.27. The van der Waals surface area contributed by atoms with E-state index >= 15 is 0 Å². The Kier molecular flexibility index (Phi) is 7.22. The zero-order valence-electron chi connectivity index (χ0n) is 18.5. The molecule has 0 aliphatic heterocycles. The lowest BCUT2D eigenvalue weighted by atomic mass is 10.2. The third-order valence-corrected chi connectivity index (χ3v) is 5.76. The third-order valence-electron chi connectivity index (χ3n) is 4.76. The minimum absolute atomic E-state index is 0.0447. The van der Waals surface area contributed by atoms with Gasteiger partial charge in [-0.05, 0) is 78.7 Å². The van der Waals surface area contributed by atoms with Crippen LogP contribution < -0.4 is 9.75 Å². The van der Waals surface area contributed by atoms with Gasteiger partial charge in [0, 0.05) is 18.2 Å². The second-order valence-corrected chi connectivity index (χ2v) is 8.20. The molecule has 0 saturated heterocycles. The number of non-ortho nitro benzene ring substituents is 1. The summed E-state index contributed by atoms with van der Waals surface area (Å²) >= 11 is 1.13. The maximum Gasteiger partial charge on any atom is 0.273 e. The molecule has 4 aromatic rings. The van der Waals surface area contributed by atoms with Gasteiger partial charge >= 0.3 is 0 Å². The summed E-state index contributed by atoms with van der Waals surface area (Å²) in [5, 5.41) is 16.6. The first-order valence-corrected chi connectivity index (χ1v) is 11.3. The van der Waals surface area contributed by atoms with Crippen molar-refractivity contribution in [1.29, 1.82) is 0 Å². The first-order valence-electron chi connectivity index (χ1n) is 10.5. The van der Waals surface area contributed by atoms with Crippen LogP contribution in [-0.4, -0.2) is 28.6 Å². The number of nitro groups is 1. The van der Waals surface area contributed by atoms with Gasteiger partial charge < -0.3 is 4.74 Å². The molecular formula is C25H19FN4O4S. The molecule has 8 nitrogen and oxygen atoms in total.